The number of hydrogen-bond donors (Lipinski definition) is 2. The molecular weight excluding hydrogens is 520 g/mol. The van der Waals surface area contributed by atoms with Gasteiger partial charge in [0, 0.05) is 28.6 Å². The summed E-state index contributed by atoms with van der Waals surface area (Å²) in [6, 6.07) is 23.4. The maximum atomic E-state index is 12.7. The van der Waals surface area contributed by atoms with E-state index in [-0.39, 0.29) is 18.6 Å². The summed E-state index contributed by atoms with van der Waals surface area (Å²) in [6.07, 6.45) is 0. The van der Waals surface area contributed by atoms with Crippen LogP contribution in [-0.4, -0.2) is 31.8 Å². The molecule has 0 saturated heterocycles. The average Bonchev–Trinajstić information content (AvgIpc) is 3.78. The van der Waals surface area contributed by atoms with Gasteiger partial charge in [0.15, 0.2) is 11.5 Å². The zero-order chi connectivity index (χ0) is 27.9. The third-order valence-corrected chi connectivity index (χ3v) is 8.92. The Morgan fingerprint density at radius 3 is 1.66 bits per heavy atom. The van der Waals surface area contributed by atoms with Gasteiger partial charge in [0.05, 0.1) is 0 Å². The van der Waals surface area contributed by atoms with Crippen LogP contribution in [-0.2, 0) is 20.4 Å². The van der Waals surface area contributed by atoms with Crippen molar-refractivity contribution >= 4 is 23.2 Å². The molecule has 0 fully saturated rings. The van der Waals surface area contributed by atoms with Crippen LogP contribution < -0.4 is 29.6 Å². The van der Waals surface area contributed by atoms with E-state index in [0.717, 1.165) is 39.4 Å². The molecule has 5 aliphatic rings. The van der Waals surface area contributed by atoms with Crippen LogP contribution in [0.25, 0.3) is 0 Å². The first kappa shape index (κ1) is 23.9. The van der Waals surface area contributed by atoms with E-state index in [2.05, 4.69) is 30.5 Å². The second-order valence-corrected chi connectivity index (χ2v) is 11.0. The minimum absolute atomic E-state index is 0.0145. The molecular formula is C33H26N2O6. The third kappa shape index (κ3) is 3.10. The number of ether oxygens (including phenoxy) is 4. The molecule has 8 heteroatoms. The Labute approximate surface area is 236 Å². The number of fused-ring (bicyclic) bond motifs is 9. The SMILES string of the molecule is Cc1cc2c(cc1C)C1(CO2)C(=O)Nc2ccccc21.O=C1Nc2ccccc2C12COc1cc3c(cc12)OCO3. The zero-order valence-electron chi connectivity index (χ0n) is 22.5. The molecule has 5 heterocycles. The van der Waals surface area contributed by atoms with Crippen molar-refractivity contribution in [2.24, 2.45) is 0 Å². The van der Waals surface area contributed by atoms with Gasteiger partial charge in [-0.25, -0.2) is 0 Å². The molecule has 2 atom stereocenters. The monoisotopic (exact) mass is 546 g/mol. The summed E-state index contributed by atoms with van der Waals surface area (Å²) in [4.78, 5) is 25.3. The Hall–Kier alpha value is -4.98. The van der Waals surface area contributed by atoms with E-state index < -0.39 is 10.8 Å². The molecule has 0 aliphatic carbocycles. The Morgan fingerprint density at radius 2 is 1.05 bits per heavy atom. The lowest BCUT2D eigenvalue weighted by Gasteiger charge is -2.20. The number of anilines is 2. The lowest BCUT2D eigenvalue weighted by Crippen LogP contribution is -2.37. The number of carbonyl (C=O) groups is 2. The van der Waals surface area contributed by atoms with E-state index in [4.69, 9.17) is 18.9 Å². The van der Waals surface area contributed by atoms with E-state index in [1.807, 2.05) is 60.7 Å². The number of para-hydroxylation sites is 2. The van der Waals surface area contributed by atoms with Crippen molar-refractivity contribution in [2.45, 2.75) is 24.7 Å². The highest BCUT2D eigenvalue weighted by Crippen LogP contribution is 2.53. The summed E-state index contributed by atoms with van der Waals surface area (Å²) in [5, 5.41) is 5.93. The molecule has 8 nitrogen and oxygen atoms in total. The van der Waals surface area contributed by atoms with Crippen LogP contribution in [0.1, 0.15) is 33.4 Å². The molecule has 9 rings (SSSR count). The lowest BCUT2D eigenvalue weighted by atomic mass is 9.76. The van der Waals surface area contributed by atoms with Crippen molar-refractivity contribution in [1.29, 1.82) is 0 Å². The van der Waals surface area contributed by atoms with Gasteiger partial charge in [0.25, 0.3) is 0 Å². The van der Waals surface area contributed by atoms with Crippen LogP contribution in [0.3, 0.4) is 0 Å². The number of rotatable bonds is 0. The van der Waals surface area contributed by atoms with Gasteiger partial charge in [0.1, 0.15) is 35.5 Å². The molecule has 0 bridgehead atoms. The van der Waals surface area contributed by atoms with Gasteiger partial charge < -0.3 is 29.6 Å². The maximum Gasteiger partial charge on any atom is 0.243 e. The normalized spacial score (nSPS) is 23.1. The van der Waals surface area contributed by atoms with E-state index in [0.29, 0.717) is 30.5 Å². The Bertz CT molecular complexity index is 1820. The van der Waals surface area contributed by atoms with Crippen LogP contribution in [0.2, 0.25) is 0 Å². The highest BCUT2D eigenvalue weighted by Gasteiger charge is 2.55. The van der Waals surface area contributed by atoms with Crippen LogP contribution in [0.4, 0.5) is 11.4 Å². The fourth-order valence-electron chi connectivity index (χ4n) is 6.60. The predicted molar refractivity (Wildman–Crippen MR) is 151 cm³/mol. The second-order valence-electron chi connectivity index (χ2n) is 11.0. The van der Waals surface area contributed by atoms with Gasteiger partial charge in [-0.3, -0.25) is 9.59 Å². The molecule has 2 amide bonds. The molecule has 2 spiro atoms. The van der Waals surface area contributed by atoms with E-state index >= 15 is 0 Å². The van der Waals surface area contributed by atoms with E-state index in [9.17, 15) is 9.59 Å². The zero-order valence-corrected chi connectivity index (χ0v) is 22.5. The molecule has 204 valence electrons. The molecule has 0 saturated carbocycles. The van der Waals surface area contributed by atoms with Crippen molar-refractivity contribution in [3.63, 3.8) is 0 Å². The summed E-state index contributed by atoms with van der Waals surface area (Å²) >= 11 is 0. The van der Waals surface area contributed by atoms with Gasteiger partial charge in [-0.2, -0.15) is 0 Å². The summed E-state index contributed by atoms with van der Waals surface area (Å²) < 4.78 is 22.4. The van der Waals surface area contributed by atoms with Crippen molar-refractivity contribution in [3.8, 4) is 23.0 Å². The lowest BCUT2D eigenvalue weighted by molar-refractivity contribution is -0.120. The predicted octanol–water partition coefficient (Wildman–Crippen LogP) is 4.98. The topological polar surface area (TPSA) is 95.1 Å². The number of hydrogen-bond acceptors (Lipinski definition) is 6. The summed E-state index contributed by atoms with van der Waals surface area (Å²) in [7, 11) is 0. The van der Waals surface area contributed by atoms with Crippen molar-refractivity contribution in [3.05, 3.63) is 106 Å². The standard InChI is InChI=1S/C17H15NO2.C16H11NO4/c1-10-7-13-15(8-11(10)2)20-9-17(13)12-5-3-4-6-14(12)18-16(17)19;18-15-16(9-3-1-2-4-11(9)17-15)7-19-12-6-14-13(5-10(12)16)20-8-21-14/h3-8H,9H2,1-2H3,(H,18,19);1-6H,7-8H2,(H,17,18). The van der Waals surface area contributed by atoms with Gasteiger partial charge in [-0.1, -0.05) is 42.5 Å². The highest BCUT2D eigenvalue weighted by atomic mass is 16.7. The van der Waals surface area contributed by atoms with Gasteiger partial charge in [-0.05, 0) is 60.4 Å². The third-order valence-electron chi connectivity index (χ3n) is 8.92. The summed E-state index contributed by atoms with van der Waals surface area (Å²) in [5.74, 6) is 2.81. The van der Waals surface area contributed by atoms with Crippen LogP contribution in [0, 0.1) is 13.8 Å². The molecule has 0 radical (unpaired) electrons. The number of nitrogens with one attached hydrogen (secondary N) is 2. The van der Waals surface area contributed by atoms with Crippen LogP contribution >= 0.6 is 0 Å². The molecule has 4 aromatic rings. The van der Waals surface area contributed by atoms with Crippen LogP contribution in [0.15, 0.2) is 72.8 Å². The largest absolute Gasteiger partial charge is 0.491 e. The van der Waals surface area contributed by atoms with Gasteiger partial charge >= 0.3 is 0 Å². The first-order valence-corrected chi connectivity index (χ1v) is 13.6. The fraction of sp³-hybridized carbons (Fsp3) is 0.212. The van der Waals surface area contributed by atoms with Crippen molar-refractivity contribution < 1.29 is 28.5 Å². The number of aryl methyl sites for hydroxylation is 2. The van der Waals surface area contributed by atoms with Crippen molar-refractivity contribution in [2.75, 3.05) is 30.6 Å². The number of carbonyl (C=O) groups excluding carboxylic acids is 2. The minimum atomic E-state index is -0.785. The Balaban J connectivity index is 0.000000125. The number of amides is 2. The molecule has 41 heavy (non-hydrogen) atoms. The molecule has 5 aliphatic heterocycles. The molecule has 2 N–H and O–H groups in total. The van der Waals surface area contributed by atoms with Gasteiger partial charge in [-0.15, -0.1) is 0 Å². The molecule has 2 unspecified atom stereocenters. The maximum absolute atomic E-state index is 12.7. The molecule has 0 aromatic heterocycles. The smallest absolute Gasteiger partial charge is 0.243 e. The fourth-order valence-corrected chi connectivity index (χ4v) is 6.60. The summed E-state index contributed by atoms with van der Waals surface area (Å²) in [5.41, 5.74) is 6.45. The van der Waals surface area contributed by atoms with E-state index in [1.54, 1.807) is 6.07 Å². The van der Waals surface area contributed by atoms with Gasteiger partial charge in [0.2, 0.25) is 18.6 Å². The highest BCUT2D eigenvalue weighted by molar-refractivity contribution is 6.10. The second kappa shape index (κ2) is 8.27. The van der Waals surface area contributed by atoms with E-state index in [1.165, 1.54) is 11.1 Å². The first-order valence-electron chi connectivity index (χ1n) is 13.6. The number of benzene rings is 4. The Kier molecular flexibility index (Phi) is 4.81. The average molecular weight is 547 g/mol. The van der Waals surface area contributed by atoms with Crippen molar-refractivity contribution in [1.82, 2.24) is 0 Å². The minimum Gasteiger partial charge on any atom is -0.491 e. The Morgan fingerprint density at radius 1 is 0.561 bits per heavy atom. The summed E-state index contributed by atoms with van der Waals surface area (Å²) in [6.45, 7) is 5.02. The quantitative estimate of drug-likeness (QED) is 0.323. The molecule has 4 aromatic carbocycles. The first-order chi connectivity index (χ1) is 19.9. The van der Waals surface area contributed by atoms with Crippen LogP contribution in [0.5, 0.6) is 23.0 Å².